The Balaban J connectivity index is 2.10. The van der Waals surface area contributed by atoms with Crippen LogP contribution >= 0.6 is 0 Å². The molecule has 4 nitrogen and oxygen atoms in total. The minimum absolute atomic E-state index is 0.280. The highest BCUT2D eigenvalue weighted by Gasteiger charge is 2.27. The lowest BCUT2D eigenvalue weighted by atomic mass is 10.1. The van der Waals surface area contributed by atoms with Gasteiger partial charge in [-0.25, -0.2) is 0 Å². The predicted octanol–water partition coefficient (Wildman–Crippen LogP) is 1.91. The maximum Gasteiger partial charge on any atom is 0.225 e. The fourth-order valence-corrected chi connectivity index (χ4v) is 1.70. The monoisotopic (exact) mass is 260 g/mol. The first kappa shape index (κ1) is 13.4. The molecule has 0 aliphatic heterocycles. The van der Waals surface area contributed by atoms with E-state index in [1.54, 1.807) is 48.5 Å². The van der Waals surface area contributed by atoms with Gasteiger partial charge in [0.15, 0.2) is 11.5 Å². The van der Waals surface area contributed by atoms with Gasteiger partial charge in [-0.3, -0.25) is 0 Å². The Morgan fingerprint density at radius 1 is 0.895 bits per heavy atom. The lowest BCUT2D eigenvalue weighted by Gasteiger charge is -2.22. The molecule has 2 N–H and O–H groups in total. The fourth-order valence-electron chi connectivity index (χ4n) is 1.70. The molecule has 0 radical (unpaired) electrons. The maximum atomic E-state index is 10.0. The Hall–Kier alpha value is -2.04. The SMILES string of the molecule is COc1ccccc1OCC(O)(O)c1ccccc1. The molecule has 0 amide bonds. The average Bonchev–Trinajstić information content (AvgIpc) is 2.46. The lowest BCUT2D eigenvalue weighted by Crippen LogP contribution is -2.32. The number of methoxy groups -OCH3 is 1. The van der Waals surface area contributed by atoms with Crippen LogP contribution in [0.1, 0.15) is 5.56 Å². The number of para-hydroxylation sites is 2. The van der Waals surface area contributed by atoms with E-state index in [1.807, 2.05) is 6.07 Å². The van der Waals surface area contributed by atoms with Crippen molar-refractivity contribution in [3.63, 3.8) is 0 Å². The summed E-state index contributed by atoms with van der Waals surface area (Å²) >= 11 is 0. The Labute approximate surface area is 111 Å². The van der Waals surface area contributed by atoms with Gasteiger partial charge in [-0.15, -0.1) is 0 Å². The molecule has 0 aliphatic carbocycles. The molecule has 0 aliphatic rings. The van der Waals surface area contributed by atoms with Gasteiger partial charge in [0.05, 0.1) is 7.11 Å². The summed E-state index contributed by atoms with van der Waals surface area (Å²) in [6, 6.07) is 15.6. The molecule has 0 unspecified atom stereocenters. The lowest BCUT2D eigenvalue weighted by molar-refractivity contribution is -0.190. The Kier molecular flexibility index (Phi) is 4.04. The van der Waals surface area contributed by atoms with Crippen LogP contribution in [0.3, 0.4) is 0 Å². The van der Waals surface area contributed by atoms with Crippen LogP contribution in [0.4, 0.5) is 0 Å². The van der Waals surface area contributed by atoms with Gasteiger partial charge >= 0.3 is 0 Å². The molecule has 0 spiro atoms. The predicted molar refractivity (Wildman–Crippen MR) is 71.0 cm³/mol. The average molecular weight is 260 g/mol. The second-order valence-electron chi connectivity index (χ2n) is 4.12. The van der Waals surface area contributed by atoms with Crippen molar-refractivity contribution in [1.82, 2.24) is 0 Å². The van der Waals surface area contributed by atoms with Crippen LogP contribution in [0.2, 0.25) is 0 Å². The van der Waals surface area contributed by atoms with E-state index in [-0.39, 0.29) is 6.61 Å². The molecule has 0 heterocycles. The molecule has 19 heavy (non-hydrogen) atoms. The van der Waals surface area contributed by atoms with Crippen LogP contribution in [-0.4, -0.2) is 23.9 Å². The van der Waals surface area contributed by atoms with Crippen LogP contribution in [0.15, 0.2) is 54.6 Å². The van der Waals surface area contributed by atoms with Crippen molar-refractivity contribution in [3.05, 3.63) is 60.2 Å². The minimum atomic E-state index is -2.04. The first-order valence-corrected chi connectivity index (χ1v) is 5.89. The van der Waals surface area contributed by atoms with Gasteiger partial charge < -0.3 is 19.7 Å². The largest absolute Gasteiger partial charge is 0.493 e. The molecule has 0 atom stereocenters. The van der Waals surface area contributed by atoms with Crippen molar-refractivity contribution in [3.8, 4) is 11.5 Å². The van der Waals surface area contributed by atoms with E-state index in [1.165, 1.54) is 7.11 Å². The zero-order chi connectivity index (χ0) is 13.7. The molecule has 0 saturated carbocycles. The summed E-state index contributed by atoms with van der Waals surface area (Å²) in [5.41, 5.74) is 0.380. The zero-order valence-corrected chi connectivity index (χ0v) is 10.6. The summed E-state index contributed by atoms with van der Waals surface area (Å²) in [6.45, 7) is -0.280. The highest BCUT2D eigenvalue weighted by molar-refractivity contribution is 5.39. The van der Waals surface area contributed by atoms with E-state index in [0.29, 0.717) is 17.1 Å². The third-order valence-corrected chi connectivity index (χ3v) is 2.73. The fraction of sp³-hybridized carbons (Fsp3) is 0.200. The van der Waals surface area contributed by atoms with Crippen LogP contribution in [0.5, 0.6) is 11.5 Å². The topological polar surface area (TPSA) is 58.9 Å². The number of hydrogen-bond acceptors (Lipinski definition) is 4. The van der Waals surface area contributed by atoms with Gasteiger partial charge in [-0.1, -0.05) is 42.5 Å². The molecule has 0 saturated heterocycles. The molecule has 0 aromatic heterocycles. The van der Waals surface area contributed by atoms with E-state index in [9.17, 15) is 10.2 Å². The Bertz CT molecular complexity index is 523. The second kappa shape index (κ2) is 5.73. The third kappa shape index (κ3) is 3.24. The summed E-state index contributed by atoms with van der Waals surface area (Å²) in [4.78, 5) is 0. The van der Waals surface area contributed by atoms with Gasteiger partial charge in [-0.05, 0) is 12.1 Å². The number of aliphatic hydroxyl groups is 2. The van der Waals surface area contributed by atoms with E-state index in [2.05, 4.69) is 0 Å². The number of ether oxygens (including phenoxy) is 2. The van der Waals surface area contributed by atoms with E-state index in [0.717, 1.165) is 0 Å². The van der Waals surface area contributed by atoms with E-state index < -0.39 is 5.79 Å². The van der Waals surface area contributed by atoms with E-state index in [4.69, 9.17) is 9.47 Å². The normalized spacial score (nSPS) is 11.1. The maximum absolute atomic E-state index is 10.0. The van der Waals surface area contributed by atoms with Gasteiger partial charge in [0.25, 0.3) is 0 Å². The second-order valence-corrected chi connectivity index (χ2v) is 4.12. The zero-order valence-electron chi connectivity index (χ0n) is 10.6. The first-order chi connectivity index (χ1) is 9.13. The van der Waals surface area contributed by atoms with Crippen molar-refractivity contribution < 1.29 is 19.7 Å². The summed E-state index contributed by atoms with van der Waals surface area (Å²) < 4.78 is 10.6. The highest BCUT2D eigenvalue weighted by atomic mass is 16.6. The quantitative estimate of drug-likeness (QED) is 0.806. The summed E-state index contributed by atoms with van der Waals surface area (Å²) in [7, 11) is 1.53. The van der Waals surface area contributed by atoms with Gasteiger partial charge in [0.2, 0.25) is 5.79 Å². The first-order valence-electron chi connectivity index (χ1n) is 5.89. The third-order valence-electron chi connectivity index (χ3n) is 2.73. The molecular weight excluding hydrogens is 244 g/mol. The molecule has 2 rings (SSSR count). The summed E-state index contributed by atoms with van der Waals surface area (Å²) in [5.74, 6) is -1.03. The van der Waals surface area contributed by atoms with Crippen molar-refractivity contribution in [1.29, 1.82) is 0 Å². The molecular formula is C15H16O4. The van der Waals surface area contributed by atoms with Crippen molar-refractivity contribution in [2.24, 2.45) is 0 Å². The van der Waals surface area contributed by atoms with Crippen LogP contribution in [-0.2, 0) is 5.79 Å². The summed E-state index contributed by atoms with van der Waals surface area (Å²) in [6.07, 6.45) is 0. The molecule has 0 bridgehead atoms. The van der Waals surface area contributed by atoms with Gasteiger partial charge in [-0.2, -0.15) is 0 Å². The van der Waals surface area contributed by atoms with Crippen LogP contribution in [0.25, 0.3) is 0 Å². The van der Waals surface area contributed by atoms with Crippen molar-refractivity contribution in [2.45, 2.75) is 5.79 Å². The molecule has 2 aromatic carbocycles. The summed E-state index contributed by atoms with van der Waals surface area (Å²) in [5, 5.41) is 20.0. The minimum Gasteiger partial charge on any atom is -0.493 e. The van der Waals surface area contributed by atoms with Gasteiger partial charge in [0.1, 0.15) is 6.61 Å². The number of benzene rings is 2. The van der Waals surface area contributed by atoms with Crippen molar-refractivity contribution in [2.75, 3.05) is 13.7 Å². The molecule has 2 aromatic rings. The molecule has 4 heteroatoms. The smallest absolute Gasteiger partial charge is 0.225 e. The van der Waals surface area contributed by atoms with Crippen molar-refractivity contribution >= 4 is 0 Å². The molecule has 100 valence electrons. The Morgan fingerprint density at radius 3 is 2.11 bits per heavy atom. The van der Waals surface area contributed by atoms with Gasteiger partial charge in [0, 0.05) is 5.56 Å². The standard InChI is InChI=1S/C15H16O4/c1-18-13-9-5-6-10-14(13)19-11-15(16,17)12-7-3-2-4-8-12/h2-10,16-17H,11H2,1H3. The highest BCUT2D eigenvalue weighted by Crippen LogP contribution is 2.28. The number of rotatable bonds is 5. The van der Waals surface area contributed by atoms with E-state index >= 15 is 0 Å². The number of hydrogen-bond donors (Lipinski definition) is 2. The van der Waals surface area contributed by atoms with Crippen LogP contribution in [0, 0.1) is 0 Å². The van der Waals surface area contributed by atoms with Crippen LogP contribution < -0.4 is 9.47 Å². The molecule has 0 fully saturated rings. The Morgan fingerprint density at radius 2 is 1.47 bits per heavy atom.